The topological polar surface area (TPSA) is 63.2 Å². The molecule has 0 aromatic heterocycles. The second-order valence-electron chi connectivity index (χ2n) is 4.06. The van der Waals surface area contributed by atoms with Crippen LogP contribution in [0, 0.1) is 12.8 Å². The lowest BCUT2D eigenvalue weighted by molar-refractivity contribution is -0.118. The Bertz CT molecular complexity index is 538. The molecule has 0 heterocycles. The molecule has 0 bridgehead atoms. The second-order valence-corrected chi connectivity index (χ2v) is 6.60. The van der Waals surface area contributed by atoms with E-state index >= 15 is 0 Å². The molecule has 0 aliphatic rings. The first kappa shape index (κ1) is 14.0. The van der Waals surface area contributed by atoms with Crippen molar-refractivity contribution >= 4 is 31.3 Å². The summed E-state index contributed by atoms with van der Waals surface area (Å²) in [7, 11) is 1.52. The first-order chi connectivity index (χ1) is 7.71. The third-order valence-electron chi connectivity index (χ3n) is 2.23. The lowest BCUT2D eigenvalue weighted by Crippen LogP contribution is -2.17. The maximum absolute atomic E-state index is 11.4. The average Bonchev–Trinajstić information content (AvgIpc) is 2.15. The highest BCUT2D eigenvalue weighted by Gasteiger charge is 2.14. The van der Waals surface area contributed by atoms with Gasteiger partial charge < -0.3 is 5.32 Å². The third-order valence-corrected chi connectivity index (χ3v) is 3.71. The second kappa shape index (κ2) is 5.06. The van der Waals surface area contributed by atoms with Crippen LogP contribution in [0.4, 0.5) is 5.69 Å². The summed E-state index contributed by atoms with van der Waals surface area (Å²) >= 11 is 0. The Morgan fingerprint density at radius 3 is 2.35 bits per heavy atom. The normalized spacial score (nSPS) is 11.6. The van der Waals surface area contributed by atoms with Gasteiger partial charge in [0.25, 0.3) is 9.05 Å². The summed E-state index contributed by atoms with van der Waals surface area (Å²) < 4.78 is 22.3. The summed E-state index contributed by atoms with van der Waals surface area (Å²) in [5.41, 5.74) is 1.06. The van der Waals surface area contributed by atoms with E-state index in [9.17, 15) is 13.2 Å². The highest BCUT2D eigenvalue weighted by atomic mass is 35.7. The molecule has 0 aliphatic carbocycles. The van der Waals surface area contributed by atoms with Gasteiger partial charge in [0.1, 0.15) is 0 Å². The first-order valence-corrected chi connectivity index (χ1v) is 7.39. The molecular formula is C11H14ClNO3S. The van der Waals surface area contributed by atoms with Crippen molar-refractivity contribution in [2.45, 2.75) is 25.7 Å². The fourth-order valence-corrected chi connectivity index (χ4v) is 2.48. The van der Waals surface area contributed by atoms with Crippen molar-refractivity contribution in [1.29, 1.82) is 0 Å². The van der Waals surface area contributed by atoms with Crippen molar-refractivity contribution in [3.63, 3.8) is 0 Å². The minimum atomic E-state index is -3.74. The SMILES string of the molecule is Cc1cc(NC(=O)C(C)C)ccc1S(=O)(=O)Cl. The molecule has 0 aliphatic heterocycles. The average molecular weight is 276 g/mol. The minimum Gasteiger partial charge on any atom is -0.326 e. The van der Waals surface area contributed by atoms with Crippen molar-refractivity contribution in [2.75, 3.05) is 5.32 Å². The molecule has 1 aromatic rings. The molecule has 0 fully saturated rings. The number of hydrogen-bond donors (Lipinski definition) is 1. The Labute approximate surface area is 105 Å². The van der Waals surface area contributed by atoms with Gasteiger partial charge in [-0.25, -0.2) is 8.42 Å². The molecule has 0 unspecified atom stereocenters. The molecule has 94 valence electrons. The van der Waals surface area contributed by atoms with E-state index in [0.29, 0.717) is 11.3 Å². The predicted molar refractivity (Wildman–Crippen MR) is 67.7 cm³/mol. The van der Waals surface area contributed by atoms with Crippen molar-refractivity contribution in [1.82, 2.24) is 0 Å². The lowest BCUT2D eigenvalue weighted by Gasteiger charge is -2.09. The van der Waals surface area contributed by atoms with Crippen LogP contribution in [-0.2, 0) is 13.8 Å². The number of nitrogens with one attached hydrogen (secondary N) is 1. The molecule has 17 heavy (non-hydrogen) atoms. The van der Waals surface area contributed by atoms with Crippen LogP contribution in [0.15, 0.2) is 23.1 Å². The largest absolute Gasteiger partial charge is 0.326 e. The number of amides is 1. The highest BCUT2D eigenvalue weighted by Crippen LogP contribution is 2.22. The molecule has 1 N–H and O–H groups in total. The van der Waals surface area contributed by atoms with Crippen LogP contribution in [0.3, 0.4) is 0 Å². The van der Waals surface area contributed by atoms with E-state index in [2.05, 4.69) is 5.32 Å². The van der Waals surface area contributed by atoms with Crippen molar-refractivity contribution < 1.29 is 13.2 Å². The first-order valence-electron chi connectivity index (χ1n) is 5.08. The number of anilines is 1. The molecule has 0 spiro atoms. The molecular weight excluding hydrogens is 262 g/mol. The van der Waals surface area contributed by atoms with Gasteiger partial charge in [-0.05, 0) is 30.7 Å². The zero-order valence-electron chi connectivity index (χ0n) is 9.82. The highest BCUT2D eigenvalue weighted by molar-refractivity contribution is 8.13. The fraction of sp³-hybridized carbons (Fsp3) is 0.364. The number of hydrogen-bond acceptors (Lipinski definition) is 3. The van der Waals surface area contributed by atoms with Crippen LogP contribution in [0.1, 0.15) is 19.4 Å². The maximum atomic E-state index is 11.4. The van der Waals surface area contributed by atoms with E-state index in [0.717, 1.165) is 0 Å². The number of benzene rings is 1. The van der Waals surface area contributed by atoms with Gasteiger partial charge in [0.05, 0.1) is 4.90 Å². The number of carbonyl (C=O) groups is 1. The summed E-state index contributed by atoms with van der Waals surface area (Å²) in [5.74, 6) is -0.252. The Kier molecular flexibility index (Phi) is 4.16. The summed E-state index contributed by atoms with van der Waals surface area (Å²) in [4.78, 5) is 11.5. The molecule has 4 nitrogen and oxygen atoms in total. The molecule has 1 amide bonds. The number of rotatable bonds is 3. The van der Waals surface area contributed by atoms with Gasteiger partial charge in [0.2, 0.25) is 5.91 Å². The summed E-state index contributed by atoms with van der Waals surface area (Å²) in [6, 6.07) is 4.48. The van der Waals surface area contributed by atoms with E-state index in [1.165, 1.54) is 12.1 Å². The van der Waals surface area contributed by atoms with Gasteiger partial charge >= 0.3 is 0 Å². The Balaban J connectivity index is 3.02. The van der Waals surface area contributed by atoms with E-state index in [1.807, 2.05) is 0 Å². The zero-order chi connectivity index (χ0) is 13.2. The van der Waals surface area contributed by atoms with E-state index in [1.54, 1.807) is 26.8 Å². The van der Waals surface area contributed by atoms with E-state index in [-0.39, 0.29) is 16.7 Å². The van der Waals surface area contributed by atoms with Crippen LogP contribution in [-0.4, -0.2) is 14.3 Å². The maximum Gasteiger partial charge on any atom is 0.261 e. The Hall–Kier alpha value is -1.07. The summed E-state index contributed by atoms with van der Waals surface area (Å²) in [5, 5.41) is 2.68. The number of aryl methyl sites for hydroxylation is 1. The number of halogens is 1. The fourth-order valence-electron chi connectivity index (χ4n) is 1.29. The van der Waals surface area contributed by atoms with Crippen LogP contribution in [0.2, 0.25) is 0 Å². The van der Waals surface area contributed by atoms with Gasteiger partial charge in [0.15, 0.2) is 0 Å². The molecule has 0 saturated heterocycles. The van der Waals surface area contributed by atoms with E-state index < -0.39 is 9.05 Å². The Morgan fingerprint density at radius 2 is 1.94 bits per heavy atom. The Morgan fingerprint density at radius 1 is 1.35 bits per heavy atom. The third kappa shape index (κ3) is 3.71. The molecule has 0 radical (unpaired) electrons. The summed E-state index contributed by atoms with van der Waals surface area (Å²) in [6.45, 7) is 5.18. The van der Waals surface area contributed by atoms with Gasteiger partial charge in [0, 0.05) is 22.3 Å². The van der Waals surface area contributed by atoms with Crippen molar-refractivity contribution in [3.8, 4) is 0 Å². The van der Waals surface area contributed by atoms with Gasteiger partial charge in [-0.2, -0.15) is 0 Å². The molecule has 0 saturated carbocycles. The summed E-state index contributed by atoms with van der Waals surface area (Å²) in [6.07, 6.45) is 0. The lowest BCUT2D eigenvalue weighted by atomic mass is 10.2. The van der Waals surface area contributed by atoms with Crippen LogP contribution in [0.25, 0.3) is 0 Å². The van der Waals surface area contributed by atoms with Gasteiger partial charge in [-0.15, -0.1) is 0 Å². The van der Waals surface area contributed by atoms with E-state index in [4.69, 9.17) is 10.7 Å². The minimum absolute atomic E-state index is 0.0571. The molecule has 1 rings (SSSR count). The van der Waals surface area contributed by atoms with Crippen LogP contribution < -0.4 is 5.32 Å². The quantitative estimate of drug-likeness (QED) is 0.862. The van der Waals surface area contributed by atoms with Crippen molar-refractivity contribution in [2.24, 2.45) is 5.92 Å². The van der Waals surface area contributed by atoms with Gasteiger partial charge in [-0.3, -0.25) is 4.79 Å². The zero-order valence-corrected chi connectivity index (χ0v) is 11.4. The molecule has 1 aromatic carbocycles. The van der Waals surface area contributed by atoms with Gasteiger partial charge in [-0.1, -0.05) is 13.8 Å². The smallest absolute Gasteiger partial charge is 0.261 e. The standard InChI is InChI=1S/C11H14ClNO3S/c1-7(2)11(14)13-9-4-5-10(8(3)6-9)17(12,15)16/h4-7H,1-3H3,(H,13,14). The monoisotopic (exact) mass is 275 g/mol. The van der Waals surface area contributed by atoms with Crippen LogP contribution >= 0.6 is 10.7 Å². The molecule has 6 heteroatoms. The number of carbonyl (C=O) groups excluding carboxylic acids is 1. The van der Waals surface area contributed by atoms with Crippen LogP contribution in [0.5, 0.6) is 0 Å². The predicted octanol–water partition coefficient (Wildman–Crippen LogP) is 2.52. The van der Waals surface area contributed by atoms with Crippen molar-refractivity contribution in [3.05, 3.63) is 23.8 Å². The molecule has 0 atom stereocenters.